The van der Waals surface area contributed by atoms with Gasteiger partial charge < -0.3 is 9.47 Å². The van der Waals surface area contributed by atoms with Gasteiger partial charge in [-0.05, 0) is 67.5 Å². The summed E-state index contributed by atoms with van der Waals surface area (Å²) in [5, 5.41) is 8.17. The largest absolute Gasteiger partial charge is 0.345 e. The number of fused-ring (bicyclic) bond motifs is 1. The van der Waals surface area contributed by atoms with E-state index in [1.54, 1.807) is 12.1 Å². The van der Waals surface area contributed by atoms with E-state index >= 15 is 0 Å². The molecule has 1 fully saturated rings. The van der Waals surface area contributed by atoms with Crippen LogP contribution in [0.3, 0.4) is 0 Å². The van der Waals surface area contributed by atoms with E-state index in [1.165, 1.54) is 22.7 Å². The second kappa shape index (κ2) is 9.22. The Labute approximate surface area is 193 Å². The lowest BCUT2D eigenvalue weighted by Gasteiger charge is -2.32. The van der Waals surface area contributed by atoms with Crippen molar-refractivity contribution in [3.8, 4) is 11.1 Å². The van der Waals surface area contributed by atoms with Crippen molar-refractivity contribution in [1.29, 1.82) is 0 Å². The number of nitrogens with zero attached hydrogens (tertiary/aromatic N) is 3. The quantitative estimate of drug-likeness (QED) is 0.436. The Morgan fingerprint density at radius 1 is 1.12 bits per heavy atom. The summed E-state index contributed by atoms with van der Waals surface area (Å²) < 4.78 is 16.2. The van der Waals surface area contributed by atoms with Gasteiger partial charge in [-0.15, -0.1) is 0 Å². The summed E-state index contributed by atoms with van der Waals surface area (Å²) in [6.07, 6.45) is 6.58. The van der Waals surface area contributed by atoms with Gasteiger partial charge in [0, 0.05) is 54.4 Å². The van der Waals surface area contributed by atoms with E-state index in [4.69, 9.17) is 0 Å². The van der Waals surface area contributed by atoms with Crippen LogP contribution in [0.1, 0.15) is 30.5 Å². The summed E-state index contributed by atoms with van der Waals surface area (Å²) in [4.78, 5) is 14.6. The molecule has 4 aromatic rings. The van der Waals surface area contributed by atoms with Crippen molar-refractivity contribution in [2.75, 3.05) is 13.1 Å². The maximum absolute atomic E-state index is 13.8. The highest BCUT2D eigenvalue weighted by molar-refractivity contribution is 5.86. The van der Waals surface area contributed by atoms with Crippen LogP contribution in [0.2, 0.25) is 0 Å². The number of amides is 1. The number of halogens is 1. The normalized spacial score (nSPS) is 14.8. The second-order valence-electron chi connectivity index (χ2n) is 9.07. The van der Waals surface area contributed by atoms with E-state index in [0.717, 1.165) is 43.6 Å². The Balaban J connectivity index is 1.19. The molecule has 2 aromatic carbocycles. The highest BCUT2D eigenvalue weighted by atomic mass is 19.1. The van der Waals surface area contributed by atoms with Gasteiger partial charge in [-0.3, -0.25) is 9.89 Å². The molecule has 1 aliphatic heterocycles. The monoisotopic (exact) mass is 444 g/mol. The predicted molar refractivity (Wildman–Crippen MR) is 128 cm³/mol. The van der Waals surface area contributed by atoms with E-state index in [1.807, 2.05) is 23.4 Å². The third-order valence-corrected chi connectivity index (χ3v) is 6.91. The molecule has 3 heterocycles. The SMILES string of the molecule is Cc1cc2cc(-c3cn[nH]c3)ccc2n1CC1CCN(C(=O)CCc2ccccc2F)CC1. The smallest absolute Gasteiger partial charge is 0.222 e. The number of rotatable bonds is 6. The minimum absolute atomic E-state index is 0.131. The summed E-state index contributed by atoms with van der Waals surface area (Å²) in [6.45, 7) is 4.70. The van der Waals surface area contributed by atoms with Crippen LogP contribution < -0.4 is 0 Å². The van der Waals surface area contributed by atoms with Gasteiger partial charge >= 0.3 is 0 Å². The molecule has 33 heavy (non-hydrogen) atoms. The molecule has 0 bridgehead atoms. The minimum Gasteiger partial charge on any atom is -0.345 e. The lowest BCUT2D eigenvalue weighted by Crippen LogP contribution is -2.39. The number of piperidine rings is 1. The zero-order valence-corrected chi connectivity index (χ0v) is 18.9. The summed E-state index contributed by atoms with van der Waals surface area (Å²) in [7, 11) is 0. The first-order valence-electron chi connectivity index (χ1n) is 11.7. The first kappa shape index (κ1) is 21.4. The molecule has 2 aromatic heterocycles. The number of nitrogens with one attached hydrogen (secondary N) is 1. The maximum Gasteiger partial charge on any atom is 0.222 e. The average molecular weight is 445 g/mol. The third kappa shape index (κ3) is 4.56. The van der Waals surface area contributed by atoms with E-state index in [9.17, 15) is 9.18 Å². The summed E-state index contributed by atoms with van der Waals surface area (Å²) in [5.74, 6) is 0.449. The minimum atomic E-state index is -0.227. The Morgan fingerprint density at radius 3 is 2.70 bits per heavy atom. The maximum atomic E-state index is 13.8. The zero-order valence-electron chi connectivity index (χ0n) is 18.9. The summed E-state index contributed by atoms with van der Waals surface area (Å²) >= 11 is 0. The summed E-state index contributed by atoms with van der Waals surface area (Å²) in [5.41, 5.74) is 5.39. The number of carbonyl (C=O) groups excluding carboxylic acids is 1. The molecule has 170 valence electrons. The first-order valence-corrected chi connectivity index (χ1v) is 11.7. The van der Waals surface area contributed by atoms with Crippen molar-refractivity contribution < 1.29 is 9.18 Å². The van der Waals surface area contributed by atoms with Crippen LogP contribution in [-0.4, -0.2) is 38.7 Å². The fourth-order valence-electron chi connectivity index (χ4n) is 4.96. The molecule has 0 unspecified atom stereocenters. The lowest BCUT2D eigenvalue weighted by atomic mass is 9.96. The molecule has 1 aliphatic rings. The Kier molecular flexibility index (Phi) is 5.99. The van der Waals surface area contributed by atoms with Gasteiger partial charge in [0.25, 0.3) is 0 Å². The van der Waals surface area contributed by atoms with Crippen molar-refractivity contribution in [3.05, 3.63) is 78.0 Å². The molecule has 0 radical (unpaired) electrons. The van der Waals surface area contributed by atoms with E-state index < -0.39 is 0 Å². The number of aryl methyl sites for hydroxylation is 2. The Bertz CT molecular complexity index is 1250. The number of hydrogen-bond donors (Lipinski definition) is 1. The van der Waals surface area contributed by atoms with Crippen molar-refractivity contribution >= 4 is 16.8 Å². The average Bonchev–Trinajstić information content (AvgIpc) is 3.47. The number of carbonyl (C=O) groups is 1. The molecule has 1 saturated heterocycles. The number of hydrogen-bond acceptors (Lipinski definition) is 2. The standard InChI is InChI=1S/C27H29FN4O/c1-19-14-23-15-22(24-16-29-30-17-24)6-8-26(23)32(19)18-20-10-12-31(13-11-20)27(33)9-7-21-4-2-3-5-25(21)28/h2-6,8,14-17,20H,7,9-13,18H2,1H3,(H,29,30). The third-order valence-electron chi connectivity index (χ3n) is 6.91. The second-order valence-corrected chi connectivity index (χ2v) is 9.07. The first-order chi connectivity index (χ1) is 16.1. The summed E-state index contributed by atoms with van der Waals surface area (Å²) in [6, 6.07) is 15.5. The number of aromatic nitrogens is 3. The Morgan fingerprint density at radius 2 is 1.94 bits per heavy atom. The molecule has 1 N–H and O–H groups in total. The van der Waals surface area contributed by atoms with Crippen LogP contribution in [0.25, 0.3) is 22.0 Å². The van der Waals surface area contributed by atoms with Gasteiger partial charge in [0.05, 0.1) is 6.20 Å². The topological polar surface area (TPSA) is 53.9 Å². The fourth-order valence-corrected chi connectivity index (χ4v) is 4.96. The van der Waals surface area contributed by atoms with Crippen LogP contribution in [0.4, 0.5) is 4.39 Å². The van der Waals surface area contributed by atoms with Crippen LogP contribution in [0.5, 0.6) is 0 Å². The Hall–Kier alpha value is -3.41. The zero-order chi connectivity index (χ0) is 22.8. The number of H-pyrrole nitrogens is 1. The van der Waals surface area contributed by atoms with Gasteiger partial charge in [0.1, 0.15) is 5.82 Å². The van der Waals surface area contributed by atoms with Crippen LogP contribution >= 0.6 is 0 Å². The van der Waals surface area contributed by atoms with Crippen molar-refractivity contribution in [1.82, 2.24) is 19.7 Å². The molecule has 1 amide bonds. The number of likely N-dealkylation sites (tertiary alicyclic amines) is 1. The van der Waals surface area contributed by atoms with E-state index in [2.05, 4.69) is 46.0 Å². The van der Waals surface area contributed by atoms with Gasteiger partial charge in [0.15, 0.2) is 0 Å². The molecule has 5 nitrogen and oxygen atoms in total. The number of aromatic amines is 1. The van der Waals surface area contributed by atoms with Gasteiger partial charge in [0.2, 0.25) is 5.91 Å². The molecule has 6 heteroatoms. The lowest BCUT2D eigenvalue weighted by molar-refractivity contribution is -0.132. The van der Waals surface area contributed by atoms with Crippen molar-refractivity contribution in [2.45, 2.75) is 39.2 Å². The van der Waals surface area contributed by atoms with E-state index in [-0.39, 0.29) is 11.7 Å². The van der Waals surface area contributed by atoms with Gasteiger partial charge in [-0.25, -0.2) is 4.39 Å². The number of benzene rings is 2. The van der Waals surface area contributed by atoms with Gasteiger partial charge in [-0.2, -0.15) is 5.10 Å². The van der Waals surface area contributed by atoms with Crippen molar-refractivity contribution in [3.63, 3.8) is 0 Å². The molecule has 0 atom stereocenters. The van der Waals surface area contributed by atoms with E-state index in [0.29, 0.717) is 24.3 Å². The van der Waals surface area contributed by atoms with Gasteiger partial charge in [-0.1, -0.05) is 24.3 Å². The molecule has 0 aliphatic carbocycles. The highest BCUT2D eigenvalue weighted by Crippen LogP contribution is 2.29. The van der Waals surface area contributed by atoms with Crippen molar-refractivity contribution in [2.24, 2.45) is 5.92 Å². The predicted octanol–water partition coefficient (Wildman–Crippen LogP) is 5.35. The van der Waals surface area contributed by atoms with Crippen LogP contribution in [-0.2, 0) is 17.8 Å². The molecule has 5 rings (SSSR count). The molecular formula is C27H29FN4O. The fraction of sp³-hybridized carbons (Fsp3) is 0.333. The highest BCUT2D eigenvalue weighted by Gasteiger charge is 2.24. The van der Waals surface area contributed by atoms with Crippen LogP contribution in [0.15, 0.2) is 60.9 Å². The molecular weight excluding hydrogens is 415 g/mol. The molecule has 0 saturated carbocycles. The van der Waals surface area contributed by atoms with Crippen LogP contribution in [0, 0.1) is 18.7 Å². The molecule has 0 spiro atoms.